The highest BCUT2D eigenvalue weighted by molar-refractivity contribution is 6.02. The summed E-state index contributed by atoms with van der Waals surface area (Å²) in [7, 11) is 0. The molecule has 4 aromatic rings. The Balaban J connectivity index is 1.64. The summed E-state index contributed by atoms with van der Waals surface area (Å²) in [5, 5.41) is 5.29. The Labute approximate surface area is 163 Å². The topological polar surface area (TPSA) is 59.3 Å². The summed E-state index contributed by atoms with van der Waals surface area (Å²) >= 11 is 0. The van der Waals surface area contributed by atoms with E-state index in [1.54, 1.807) is 24.5 Å². The van der Waals surface area contributed by atoms with Gasteiger partial charge < -0.3 is 4.57 Å². The third-order valence-corrected chi connectivity index (χ3v) is 4.75. The largest absolute Gasteiger partial charge is 0.340 e. The molecule has 2 heterocycles. The maximum atomic E-state index is 12.2. The first-order valence-electron chi connectivity index (χ1n) is 9.09. The number of hydrogen-bond acceptors (Lipinski definition) is 3. The monoisotopic (exact) mass is 368 g/mol. The second-order valence-corrected chi connectivity index (χ2v) is 6.53. The van der Waals surface area contributed by atoms with Crippen molar-refractivity contribution in [2.75, 3.05) is 0 Å². The number of hydrazone groups is 1. The van der Waals surface area contributed by atoms with Crippen LogP contribution in [-0.4, -0.2) is 21.7 Å². The van der Waals surface area contributed by atoms with Gasteiger partial charge in [0.1, 0.15) is 0 Å². The predicted octanol–water partition coefficient (Wildman–Crippen LogP) is 4.16. The Morgan fingerprint density at radius 1 is 1.07 bits per heavy atom. The van der Waals surface area contributed by atoms with Crippen molar-refractivity contribution in [1.82, 2.24) is 15.0 Å². The maximum absolute atomic E-state index is 12.2. The summed E-state index contributed by atoms with van der Waals surface area (Å²) < 4.78 is 2.27. The van der Waals surface area contributed by atoms with Gasteiger partial charge in [-0.1, -0.05) is 48.5 Å². The van der Waals surface area contributed by atoms with Crippen LogP contribution in [0.1, 0.15) is 27.2 Å². The van der Waals surface area contributed by atoms with Crippen LogP contribution in [0.2, 0.25) is 0 Å². The Morgan fingerprint density at radius 3 is 2.64 bits per heavy atom. The quantitative estimate of drug-likeness (QED) is 0.425. The van der Waals surface area contributed by atoms with Crippen molar-refractivity contribution in [3.63, 3.8) is 0 Å². The number of pyridine rings is 1. The van der Waals surface area contributed by atoms with E-state index in [4.69, 9.17) is 0 Å². The summed E-state index contributed by atoms with van der Waals surface area (Å²) in [4.78, 5) is 16.1. The number of amides is 1. The number of nitrogens with one attached hydrogen (secondary N) is 1. The van der Waals surface area contributed by atoms with Crippen LogP contribution in [0.3, 0.4) is 0 Å². The molecule has 0 atom stereocenters. The molecule has 2 aromatic heterocycles. The van der Waals surface area contributed by atoms with Crippen LogP contribution in [0.5, 0.6) is 0 Å². The van der Waals surface area contributed by atoms with Gasteiger partial charge in [0.05, 0.1) is 11.8 Å². The van der Waals surface area contributed by atoms with Gasteiger partial charge in [0.2, 0.25) is 0 Å². The number of para-hydroxylation sites is 1. The third kappa shape index (κ3) is 3.55. The third-order valence-electron chi connectivity index (χ3n) is 4.75. The first-order chi connectivity index (χ1) is 13.7. The van der Waals surface area contributed by atoms with E-state index in [1.807, 2.05) is 30.3 Å². The van der Waals surface area contributed by atoms with Crippen LogP contribution < -0.4 is 5.43 Å². The van der Waals surface area contributed by atoms with Gasteiger partial charge in [-0.15, -0.1) is 0 Å². The number of nitrogens with zero attached hydrogens (tertiary/aromatic N) is 3. The average Bonchev–Trinajstić information content (AvgIpc) is 3.01. The van der Waals surface area contributed by atoms with Crippen molar-refractivity contribution in [1.29, 1.82) is 0 Å². The Bertz CT molecular complexity index is 1130. The predicted molar refractivity (Wildman–Crippen MR) is 112 cm³/mol. The van der Waals surface area contributed by atoms with E-state index in [0.717, 1.165) is 28.7 Å². The first kappa shape index (κ1) is 17.7. The van der Waals surface area contributed by atoms with E-state index in [9.17, 15) is 4.79 Å². The molecule has 138 valence electrons. The molecular weight excluding hydrogens is 348 g/mol. The van der Waals surface area contributed by atoms with Crippen molar-refractivity contribution >= 4 is 23.0 Å². The minimum atomic E-state index is -0.282. The molecule has 0 saturated carbocycles. The maximum Gasteiger partial charge on any atom is 0.272 e. The van der Waals surface area contributed by atoms with Crippen LogP contribution in [-0.2, 0) is 6.54 Å². The molecule has 1 amide bonds. The number of carbonyl (C=O) groups is 1. The highest BCUT2D eigenvalue weighted by atomic mass is 16.2. The fourth-order valence-electron chi connectivity index (χ4n) is 3.31. The standard InChI is InChI=1S/C23H20N4O/c1-17-21(15-25-26-23(28)19-10-7-13-24-14-19)20-11-5-6-12-22(20)27(17)16-18-8-3-2-4-9-18/h2-15H,16H2,1H3,(H,26,28)/b25-15-. The molecule has 0 unspecified atom stereocenters. The molecule has 1 N–H and O–H groups in total. The lowest BCUT2D eigenvalue weighted by molar-refractivity contribution is 0.0955. The number of fused-ring (bicyclic) bond motifs is 1. The molecule has 0 aliphatic rings. The average molecular weight is 368 g/mol. The van der Waals surface area contributed by atoms with Crippen molar-refractivity contribution in [2.24, 2.45) is 5.10 Å². The normalized spacial score (nSPS) is 11.2. The Morgan fingerprint density at radius 2 is 1.86 bits per heavy atom. The van der Waals surface area contributed by atoms with Crippen LogP contribution in [0.15, 0.2) is 84.2 Å². The molecule has 0 spiro atoms. The number of carbonyl (C=O) groups excluding carboxylic acids is 1. The van der Waals surface area contributed by atoms with Gasteiger partial charge in [0, 0.05) is 41.1 Å². The summed E-state index contributed by atoms with van der Waals surface area (Å²) in [5.41, 5.74) is 7.53. The highest BCUT2D eigenvalue weighted by Gasteiger charge is 2.13. The highest BCUT2D eigenvalue weighted by Crippen LogP contribution is 2.25. The zero-order valence-electron chi connectivity index (χ0n) is 15.5. The van der Waals surface area contributed by atoms with Crippen LogP contribution in [0, 0.1) is 6.92 Å². The smallest absolute Gasteiger partial charge is 0.272 e. The van der Waals surface area contributed by atoms with Crippen molar-refractivity contribution in [2.45, 2.75) is 13.5 Å². The molecule has 4 rings (SSSR count). The van der Waals surface area contributed by atoms with E-state index in [2.05, 4.69) is 51.3 Å². The number of hydrogen-bond donors (Lipinski definition) is 1. The molecule has 5 nitrogen and oxygen atoms in total. The lowest BCUT2D eigenvalue weighted by Gasteiger charge is -2.08. The minimum absolute atomic E-state index is 0.282. The lowest BCUT2D eigenvalue weighted by atomic mass is 10.1. The van der Waals surface area contributed by atoms with E-state index in [1.165, 1.54) is 11.8 Å². The molecule has 0 aliphatic carbocycles. The molecular formula is C23H20N4O. The molecule has 5 heteroatoms. The second-order valence-electron chi connectivity index (χ2n) is 6.53. The van der Waals surface area contributed by atoms with Crippen LogP contribution >= 0.6 is 0 Å². The minimum Gasteiger partial charge on any atom is -0.340 e. The fourth-order valence-corrected chi connectivity index (χ4v) is 3.31. The van der Waals surface area contributed by atoms with E-state index in [-0.39, 0.29) is 5.91 Å². The van der Waals surface area contributed by atoms with E-state index >= 15 is 0 Å². The van der Waals surface area contributed by atoms with Gasteiger partial charge in [-0.25, -0.2) is 5.43 Å². The SMILES string of the molecule is Cc1c(/C=N\NC(=O)c2cccnc2)c2ccccc2n1Cc1ccccc1. The molecule has 28 heavy (non-hydrogen) atoms. The number of benzene rings is 2. The van der Waals surface area contributed by atoms with Gasteiger partial charge in [0.25, 0.3) is 5.91 Å². The number of aromatic nitrogens is 2. The molecule has 2 aromatic carbocycles. The Kier molecular flexibility index (Phi) is 4.97. The van der Waals surface area contributed by atoms with Gasteiger partial charge in [0.15, 0.2) is 0 Å². The zero-order chi connectivity index (χ0) is 19.3. The Hall–Kier alpha value is -3.73. The summed E-state index contributed by atoms with van der Waals surface area (Å²) in [6.45, 7) is 2.86. The van der Waals surface area contributed by atoms with Gasteiger partial charge >= 0.3 is 0 Å². The summed E-state index contributed by atoms with van der Waals surface area (Å²) in [5.74, 6) is -0.282. The first-order valence-corrected chi connectivity index (χ1v) is 9.09. The van der Waals surface area contributed by atoms with Gasteiger partial charge in [-0.3, -0.25) is 9.78 Å². The molecule has 0 bridgehead atoms. The van der Waals surface area contributed by atoms with Gasteiger partial charge in [-0.05, 0) is 30.7 Å². The summed E-state index contributed by atoms with van der Waals surface area (Å²) in [6.07, 6.45) is 4.86. The van der Waals surface area contributed by atoms with Crippen molar-refractivity contribution in [3.05, 3.63) is 102 Å². The molecule has 0 aliphatic heterocycles. The van der Waals surface area contributed by atoms with Crippen molar-refractivity contribution < 1.29 is 4.79 Å². The van der Waals surface area contributed by atoms with E-state index < -0.39 is 0 Å². The van der Waals surface area contributed by atoms with Crippen LogP contribution in [0.25, 0.3) is 10.9 Å². The molecule has 0 fully saturated rings. The van der Waals surface area contributed by atoms with Crippen LogP contribution in [0.4, 0.5) is 0 Å². The summed E-state index contributed by atoms with van der Waals surface area (Å²) in [6, 6.07) is 22.0. The zero-order valence-corrected chi connectivity index (χ0v) is 15.5. The second kappa shape index (κ2) is 7.88. The van der Waals surface area contributed by atoms with Crippen molar-refractivity contribution in [3.8, 4) is 0 Å². The van der Waals surface area contributed by atoms with Gasteiger partial charge in [-0.2, -0.15) is 5.10 Å². The van der Waals surface area contributed by atoms with E-state index in [0.29, 0.717) is 5.56 Å². The molecule has 0 radical (unpaired) electrons. The molecule has 0 saturated heterocycles. The lowest BCUT2D eigenvalue weighted by Crippen LogP contribution is -2.17. The fraction of sp³-hybridized carbons (Fsp3) is 0.0870. The number of rotatable bonds is 5.